The van der Waals surface area contributed by atoms with E-state index in [1.165, 1.54) is 6.33 Å². The van der Waals surface area contributed by atoms with Gasteiger partial charge in [0.15, 0.2) is 0 Å². The van der Waals surface area contributed by atoms with Gasteiger partial charge in [0.25, 0.3) is 5.91 Å². The number of aryl methyl sites for hydroxylation is 1. The van der Waals surface area contributed by atoms with Crippen molar-refractivity contribution >= 4 is 22.9 Å². The maximum atomic E-state index is 13.2. The van der Waals surface area contributed by atoms with Gasteiger partial charge < -0.3 is 24.0 Å². The Morgan fingerprint density at radius 2 is 1.82 bits per heavy atom. The van der Waals surface area contributed by atoms with Crippen LogP contribution in [0.3, 0.4) is 0 Å². The van der Waals surface area contributed by atoms with Crippen molar-refractivity contribution in [3.05, 3.63) is 77.5 Å². The number of carbonyl (C=O) groups is 2. The Hall–Kier alpha value is -4.35. The average molecular weight is 543 g/mol. The molecule has 2 aromatic carbocycles. The maximum absolute atomic E-state index is 13.2. The van der Waals surface area contributed by atoms with E-state index in [2.05, 4.69) is 19.4 Å². The number of nitrogens with zero attached hydrogens (tertiary/aromatic N) is 6. The molecule has 6 rings (SSSR count). The number of rotatable bonds is 8. The number of hydrogen-bond donors (Lipinski definition) is 1. The molecule has 2 aromatic heterocycles. The molecule has 0 saturated carbocycles. The zero-order valence-corrected chi connectivity index (χ0v) is 22.2. The normalized spacial score (nSPS) is 17.5. The van der Waals surface area contributed by atoms with Gasteiger partial charge in [-0.2, -0.15) is 0 Å². The highest BCUT2D eigenvalue weighted by Gasteiger charge is 2.27. The van der Waals surface area contributed by atoms with Crippen LogP contribution in [0.4, 0.5) is 0 Å². The Bertz CT molecular complexity index is 1540. The fourth-order valence-corrected chi connectivity index (χ4v) is 4.97. The highest BCUT2D eigenvalue weighted by Crippen LogP contribution is 2.24. The van der Waals surface area contributed by atoms with Gasteiger partial charge in [0.05, 0.1) is 35.8 Å². The Morgan fingerprint density at radius 3 is 2.52 bits per heavy atom. The van der Waals surface area contributed by atoms with Gasteiger partial charge in [-0.1, -0.05) is 17.7 Å². The minimum Gasteiger partial charge on any atom is -0.478 e. The van der Waals surface area contributed by atoms with Crippen LogP contribution in [0.5, 0.6) is 11.6 Å². The number of fused-ring (bicyclic) bond motifs is 1. The lowest BCUT2D eigenvalue weighted by molar-refractivity contribution is -0.0592. The fourth-order valence-electron chi connectivity index (χ4n) is 4.97. The molecule has 1 amide bonds. The highest BCUT2D eigenvalue weighted by molar-refractivity contribution is 5.93. The van der Waals surface area contributed by atoms with Gasteiger partial charge in [0, 0.05) is 38.9 Å². The summed E-state index contributed by atoms with van der Waals surface area (Å²) in [6, 6.07) is 14.2. The Morgan fingerprint density at radius 1 is 1.05 bits per heavy atom. The summed E-state index contributed by atoms with van der Waals surface area (Å²) in [7, 11) is 0. The van der Waals surface area contributed by atoms with Crippen molar-refractivity contribution in [1.82, 2.24) is 29.3 Å². The molecule has 2 aliphatic heterocycles. The number of benzene rings is 2. The van der Waals surface area contributed by atoms with Gasteiger partial charge >= 0.3 is 5.97 Å². The third kappa shape index (κ3) is 5.51. The molecule has 11 heteroatoms. The topological polar surface area (TPSA) is 123 Å². The molecule has 0 bridgehead atoms. The standard InChI is InChI=1S/C29H30N6O5/c1-19-2-5-21(6-3-19)40-27-15-24(30-18-31-27)28(36)34-11-9-33(10-12-34)17-26-32-23-7-4-20(29(37)38)14-25(23)35(26)16-22-8-13-39-22/h2-7,14-15,18,22H,8-13,16-17H2,1H3,(H,37,38)/t22-/m0/s1. The molecular formula is C29H30N6O5. The predicted octanol–water partition coefficient (Wildman–Crippen LogP) is 3.37. The molecule has 0 radical (unpaired) electrons. The monoisotopic (exact) mass is 542 g/mol. The van der Waals surface area contributed by atoms with Gasteiger partial charge in [0.2, 0.25) is 5.88 Å². The molecule has 2 aliphatic rings. The number of ether oxygens (including phenoxy) is 2. The van der Waals surface area contributed by atoms with Gasteiger partial charge in [-0.25, -0.2) is 19.7 Å². The van der Waals surface area contributed by atoms with Crippen LogP contribution in [-0.4, -0.2) is 85.2 Å². The Balaban J connectivity index is 1.12. The minimum atomic E-state index is -0.964. The van der Waals surface area contributed by atoms with Crippen molar-refractivity contribution in [2.24, 2.45) is 0 Å². The number of carbonyl (C=O) groups excluding carboxylic acids is 1. The summed E-state index contributed by atoms with van der Waals surface area (Å²) in [5.41, 5.74) is 3.22. The van der Waals surface area contributed by atoms with Crippen molar-refractivity contribution in [2.45, 2.75) is 32.5 Å². The quantitative estimate of drug-likeness (QED) is 0.357. The average Bonchev–Trinajstić information content (AvgIpc) is 3.28. The first-order valence-electron chi connectivity index (χ1n) is 13.4. The van der Waals surface area contributed by atoms with E-state index in [1.54, 1.807) is 29.2 Å². The molecule has 11 nitrogen and oxygen atoms in total. The summed E-state index contributed by atoms with van der Waals surface area (Å²) < 4.78 is 13.6. The van der Waals surface area contributed by atoms with Crippen LogP contribution in [0.15, 0.2) is 54.9 Å². The van der Waals surface area contributed by atoms with Crippen LogP contribution in [-0.2, 0) is 17.8 Å². The predicted molar refractivity (Wildman–Crippen MR) is 146 cm³/mol. The number of imidazole rings is 1. The number of carboxylic acid groups (broad SMARTS) is 1. The zero-order valence-electron chi connectivity index (χ0n) is 22.2. The number of aromatic nitrogens is 4. The maximum Gasteiger partial charge on any atom is 0.335 e. The molecule has 0 spiro atoms. The summed E-state index contributed by atoms with van der Waals surface area (Å²) in [6.07, 6.45) is 2.42. The van der Waals surface area contributed by atoms with E-state index in [0.717, 1.165) is 35.4 Å². The first-order chi connectivity index (χ1) is 19.4. The van der Waals surface area contributed by atoms with Crippen molar-refractivity contribution in [1.29, 1.82) is 0 Å². The summed E-state index contributed by atoms with van der Waals surface area (Å²) in [5.74, 6) is 0.703. The lowest BCUT2D eigenvalue weighted by atomic mass is 10.1. The molecule has 2 saturated heterocycles. The minimum absolute atomic E-state index is 0.104. The molecule has 0 aliphatic carbocycles. The van der Waals surface area contributed by atoms with E-state index in [1.807, 2.05) is 31.2 Å². The van der Waals surface area contributed by atoms with Crippen molar-refractivity contribution in [3.63, 3.8) is 0 Å². The molecule has 4 aromatic rings. The lowest BCUT2D eigenvalue weighted by Gasteiger charge is -2.34. The number of carboxylic acids is 1. The second-order valence-electron chi connectivity index (χ2n) is 10.2. The third-order valence-corrected chi connectivity index (χ3v) is 7.38. The van der Waals surface area contributed by atoms with Crippen LogP contribution >= 0.6 is 0 Å². The van der Waals surface area contributed by atoms with E-state index >= 15 is 0 Å². The molecule has 0 unspecified atom stereocenters. The highest BCUT2D eigenvalue weighted by atomic mass is 16.5. The molecular weight excluding hydrogens is 512 g/mol. The van der Waals surface area contributed by atoms with E-state index in [9.17, 15) is 14.7 Å². The molecule has 40 heavy (non-hydrogen) atoms. The Kier molecular flexibility index (Phi) is 7.14. The lowest BCUT2D eigenvalue weighted by Crippen LogP contribution is -2.48. The zero-order chi connectivity index (χ0) is 27.6. The van der Waals surface area contributed by atoms with Crippen LogP contribution < -0.4 is 4.74 Å². The summed E-state index contributed by atoms with van der Waals surface area (Å²) in [5, 5.41) is 9.48. The largest absolute Gasteiger partial charge is 0.478 e. The van der Waals surface area contributed by atoms with Gasteiger partial charge in [0.1, 0.15) is 23.6 Å². The van der Waals surface area contributed by atoms with E-state index in [-0.39, 0.29) is 17.6 Å². The van der Waals surface area contributed by atoms with E-state index in [0.29, 0.717) is 56.6 Å². The first-order valence-corrected chi connectivity index (χ1v) is 13.4. The van der Waals surface area contributed by atoms with Crippen LogP contribution in [0.1, 0.15) is 38.7 Å². The second kappa shape index (κ2) is 11.0. The summed E-state index contributed by atoms with van der Waals surface area (Å²) in [6.45, 7) is 6.41. The van der Waals surface area contributed by atoms with Crippen molar-refractivity contribution in [2.75, 3.05) is 32.8 Å². The van der Waals surface area contributed by atoms with Crippen LogP contribution in [0, 0.1) is 6.92 Å². The molecule has 1 atom stereocenters. The van der Waals surface area contributed by atoms with E-state index < -0.39 is 5.97 Å². The number of hydrogen-bond acceptors (Lipinski definition) is 8. The summed E-state index contributed by atoms with van der Waals surface area (Å²) >= 11 is 0. The third-order valence-electron chi connectivity index (χ3n) is 7.38. The second-order valence-corrected chi connectivity index (χ2v) is 10.2. The van der Waals surface area contributed by atoms with Gasteiger partial charge in [-0.3, -0.25) is 9.69 Å². The smallest absolute Gasteiger partial charge is 0.335 e. The number of amides is 1. The summed E-state index contributed by atoms with van der Waals surface area (Å²) in [4.78, 5) is 42.0. The van der Waals surface area contributed by atoms with E-state index in [4.69, 9.17) is 14.5 Å². The Labute approximate surface area is 231 Å². The van der Waals surface area contributed by atoms with Crippen LogP contribution in [0.25, 0.3) is 11.0 Å². The fraction of sp³-hybridized carbons (Fsp3) is 0.345. The van der Waals surface area contributed by atoms with Crippen molar-refractivity contribution < 1.29 is 24.2 Å². The molecule has 206 valence electrons. The molecule has 2 fully saturated rings. The first kappa shape index (κ1) is 25.9. The SMILES string of the molecule is Cc1ccc(Oc2cc(C(=O)N3CCN(Cc4nc5ccc(C(=O)O)cc5n4C[C@@H]4CCO4)CC3)ncn2)cc1. The van der Waals surface area contributed by atoms with Crippen molar-refractivity contribution in [3.8, 4) is 11.6 Å². The van der Waals surface area contributed by atoms with Crippen LogP contribution in [0.2, 0.25) is 0 Å². The van der Waals surface area contributed by atoms with Gasteiger partial charge in [-0.15, -0.1) is 0 Å². The number of aromatic carboxylic acids is 1. The molecule has 1 N–H and O–H groups in total. The van der Waals surface area contributed by atoms with Gasteiger partial charge in [-0.05, 0) is 43.7 Å². The number of piperazine rings is 1. The molecule has 4 heterocycles.